The van der Waals surface area contributed by atoms with Gasteiger partial charge in [0.1, 0.15) is 11.3 Å². The topological polar surface area (TPSA) is 86.7 Å². The third-order valence-corrected chi connectivity index (χ3v) is 5.43. The summed E-state index contributed by atoms with van der Waals surface area (Å²) in [7, 11) is 0. The molecule has 1 fully saturated rings. The van der Waals surface area contributed by atoms with Crippen molar-refractivity contribution in [1.29, 1.82) is 0 Å². The van der Waals surface area contributed by atoms with Crippen molar-refractivity contribution < 1.29 is 19.5 Å². The molecule has 6 nitrogen and oxygen atoms in total. The second-order valence-electron chi connectivity index (χ2n) is 5.27. The molecule has 9 heteroatoms. The monoisotopic (exact) mass is 594 g/mol. The van der Waals surface area contributed by atoms with E-state index >= 15 is 0 Å². The molecule has 2 aromatic rings. The zero-order chi connectivity index (χ0) is 19.0. The lowest BCUT2D eigenvalue weighted by Crippen LogP contribution is -2.54. The lowest BCUT2D eigenvalue weighted by molar-refractivity contribution is -0.122. The summed E-state index contributed by atoms with van der Waals surface area (Å²) in [6.07, 6.45) is 1.39. The molecule has 0 unspecified atom stereocenters. The van der Waals surface area contributed by atoms with Gasteiger partial charge in [0.15, 0.2) is 0 Å². The van der Waals surface area contributed by atoms with Gasteiger partial charge in [-0.1, -0.05) is 11.6 Å². The predicted octanol–water partition coefficient (Wildman–Crippen LogP) is 3.92. The molecule has 1 saturated heterocycles. The van der Waals surface area contributed by atoms with Crippen LogP contribution >= 0.6 is 56.8 Å². The van der Waals surface area contributed by atoms with Gasteiger partial charge in [-0.15, -0.1) is 0 Å². The summed E-state index contributed by atoms with van der Waals surface area (Å²) in [6.45, 7) is 0. The highest BCUT2D eigenvalue weighted by molar-refractivity contribution is 14.1. The molecule has 0 aromatic heterocycles. The molecule has 1 heterocycles. The van der Waals surface area contributed by atoms with Crippen LogP contribution in [0.25, 0.3) is 6.08 Å². The first-order valence-corrected chi connectivity index (χ1v) is 9.66. The van der Waals surface area contributed by atoms with Crippen LogP contribution in [0.15, 0.2) is 42.0 Å². The Morgan fingerprint density at radius 1 is 1.04 bits per heavy atom. The van der Waals surface area contributed by atoms with E-state index in [1.807, 2.05) is 45.2 Å². The largest absolute Gasteiger partial charge is 0.506 e. The molecule has 2 aromatic carbocycles. The molecule has 0 spiro atoms. The smallest absolute Gasteiger partial charge is 0.335 e. The second-order valence-corrected chi connectivity index (χ2v) is 8.03. The Kier molecular flexibility index (Phi) is 5.53. The van der Waals surface area contributed by atoms with Crippen LogP contribution in [-0.4, -0.2) is 23.0 Å². The van der Waals surface area contributed by atoms with Crippen molar-refractivity contribution in [2.24, 2.45) is 0 Å². The molecule has 0 bridgehead atoms. The van der Waals surface area contributed by atoms with E-state index in [0.717, 1.165) is 4.90 Å². The first-order chi connectivity index (χ1) is 12.3. The maximum Gasteiger partial charge on any atom is 0.335 e. The van der Waals surface area contributed by atoms with Crippen LogP contribution in [0.1, 0.15) is 5.56 Å². The average molecular weight is 595 g/mol. The summed E-state index contributed by atoms with van der Waals surface area (Å²) in [5.74, 6) is -1.38. The summed E-state index contributed by atoms with van der Waals surface area (Å²) in [5.41, 5.74) is 0.669. The van der Waals surface area contributed by atoms with Crippen molar-refractivity contribution in [3.63, 3.8) is 0 Å². The molecule has 26 heavy (non-hydrogen) atoms. The van der Waals surface area contributed by atoms with Crippen molar-refractivity contribution in [2.75, 3.05) is 4.90 Å². The van der Waals surface area contributed by atoms with Gasteiger partial charge in [-0.25, -0.2) is 9.69 Å². The number of rotatable bonds is 2. The van der Waals surface area contributed by atoms with Crippen molar-refractivity contribution in [3.8, 4) is 5.75 Å². The Labute approximate surface area is 180 Å². The zero-order valence-electron chi connectivity index (χ0n) is 12.8. The first-order valence-electron chi connectivity index (χ1n) is 7.13. The van der Waals surface area contributed by atoms with Gasteiger partial charge in [-0.2, -0.15) is 0 Å². The Balaban J connectivity index is 2.04. The van der Waals surface area contributed by atoms with Crippen molar-refractivity contribution in [3.05, 3.63) is 59.7 Å². The molecule has 0 radical (unpaired) electrons. The fourth-order valence-electron chi connectivity index (χ4n) is 2.32. The highest BCUT2D eigenvalue weighted by Gasteiger charge is 2.36. The Morgan fingerprint density at radius 2 is 1.62 bits per heavy atom. The predicted molar refractivity (Wildman–Crippen MR) is 114 cm³/mol. The molecule has 1 aliphatic rings. The van der Waals surface area contributed by atoms with E-state index in [4.69, 9.17) is 11.6 Å². The van der Waals surface area contributed by atoms with Gasteiger partial charge >= 0.3 is 6.03 Å². The van der Waals surface area contributed by atoms with E-state index in [9.17, 15) is 19.5 Å². The highest BCUT2D eigenvalue weighted by Crippen LogP contribution is 2.29. The SMILES string of the molecule is O=C1NC(=O)N(c2ccc(Cl)cc2)C(=O)/C1=C/c1cc(I)c(O)c(I)c1. The number of urea groups is 1. The molecular formula is C17H9ClI2N2O4. The number of carbonyl (C=O) groups is 3. The van der Waals surface area contributed by atoms with E-state index in [1.54, 1.807) is 24.3 Å². The van der Waals surface area contributed by atoms with E-state index in [1.165, 1.54) is 18.2 Å². The number of carbonyl (C=O) groups excluding carboxylic acids is 3. The van der Waals surface area contributed by atoms with Crippen LogP contribution in [0.3, 0.4) is 0 Å². The summed E-state index contributed by atoms with van der Waals surface area (Å²) in [5, 5.41) is 12.5. The number of nitrogens with one attached hydrogen (secondary N) is 1. The summed E-state index contributed by atoms with van der Waals surface area (Å²) < 4.78 is 1.16. The number of phenols is 1. The van der Waals surface area contributed by atoms with Gasteiger partial charge < -0.3 is 5.11 Å². The number of imide groups is 2. The van der Waals surface area contributed by atoms with Crippen molar-refractivity contribution in [1.82, 2.24) is 5.32 Å². The number of anilines is 1. The molecule has 132 valence electrons. The standard InChI is InChI=1S/C17H9ClI2N2O4/c18-9-1-3-10(4-2-9)22-16(25)11(15(24)21-17(22)26)5-8-6-12(19)14(23)13(20)7-8/h1-7,23H,(H,21,24,26)/b11-5+. The minimum Gasteiger partial charge on any atom is -0.506 e. The van der Waals surface area contributed by atoms with Gasteiger partial charge in [0, 0.05) is 5.02 Å². The van der Waals surface area contributed by atoms with Crippen LogP contribution < -0.4 is 10.2 Å². The average Bonchev–Trinajstić information content (AvgIpc) is 2.58. The van der Waals surface area contributed by atoms with Crippen molar-refractivity contribution >= 4 is 86.4 Å². The molecule has 0 saturated carbocycles. The molecule has 2 N–H and O–H groups in total. The van der Waals surface area contributed by atoms with Crippen LogP contribution in [0.4, 0.5) is 10.5 Å². The number of phenolic OH excluding ortho intramolecular Hbond substituents is 1. The Morgan fingerprint density at radius 3 is 2.19 bits per heavy atom. The second kappa shape index (κ2) is 7.53. The number of aromatic hydroxyl groups is 1. The maximum atomic E-state index is 12.8. The summed E-state index contributed by atoms with van der Waals surface area (Å²) >= 11 is 9.74. The molecule has 0 aliphatic carbocycles. The van der Waals surface area contributed by atoms with E-state index in [2.05, 4.69) is 5.32 Å². The van der Waals surface area contributed by atoms with Gasteiger partial charge in [-0.3, -0.25) is 14.9 Å². The quantitative estimate of drug-likeness (QED) is 0.314. The Hall–Kier alpha value is -1.66. The van der Waals surface area contributed by atoms with E-state index < -0.39 is 17.8 Å². The number of amides is 4. The van der Waals surface area contributed by atoms with Gasteiger partial charge in [0.05, 0.1) is 12.8 Å². The number of hydrogen-bond donors (Lipinski definition) is 2. The zero-order valence-corrected chi connectivity index (χ0v) is 17.9. The third kappa shape index (κ3) is 3.71. The minimum absolute atomic E-state index is 0.130. The lowest BCUT2D eigenvalue weighted by atomic mass is 10.1. The lowest BCUT2D eigenvalue weighted by Gasteiger charge is -2.26. The normalized spacial score (nSPS) is 16.2. The number of nitrogens with zero attached hydrogens (tertiary/aromatic N) is 1. The molecule has 1 aliphatic heterocycles. The first kappa shape index (κ1) is 19.1. The number of halogens is 3. The van der Waals surface area contributed by atoms with Crippen molar-refractivity contribution in [2.45, 2.75) is 0 Å². The summed E-state index contributed by atoms with van der Waals surface area (Å²) in [6, 6.07) is 8.56. The fraction of sp³-hybridized carbons (Fsp3) is 0. The molecule has 3 rings (SSSR count). The third-order valence-electron chi connectivity index (χ3n) is 3.54. The minimum atomic E-state index is -0.825. The van der Waals surface area contributed by atoms with E-state index in [-0.39, 0.29) is 11.3 Å². The van der Waals surface area contributed by atoms with Crippen LogP contribution in [0.5, 0.6) is 5.75 Å². The summed E-state index contributed by atoms with van der Waals surface area (Å²) in [4.78, 5) is 37.9. The van der Waals surface area contributed by atoms with Crippen LogP contribution in [0, 0.1) is 7.14 Å². The van der Waals surface area contributed by atoms with Gasteiger partial charge in [-0.05, 0) is 93.2 Å². The van der Waals surface area contributed by atoms with Gasteiger partial charge in [0.25, 0.3) is 11.8 Å². The highest BCUT2D eigenvalue weighted by atomic mass is 127. The number of barbiturate groups is 1. The number of hydrogen-bond acceptors (Lipinski definition) is 4. The van der Waals surface area contributed by atoms with Crippen LogP contribution in [-0.2, 0) is 9.59 Å². The van der Waals surface area contributed by atoms with Crippen LogP contribution in [0.2, 0.25) is 5.02 Å². The Bertz CT molecular complexity index is 950. The fourth-order valence-corrected chi connectivity index (χ4v) is 4.26. The maximum absolute atomic E-state index is 12.8. The van der Waals surface area contributed by atoms with E-state index in [0.29, 0.717) is 23.4 Å². The number of benzene rings is 2. The molecular weight excluding hydrogens is 585 g/mol. The van der Waals surface area contributed by atoms with Gasteiger partial charge in [0.2, 0.25) is 0 Å². The molecule has 0 atom stereocenters. The molecule has 4 amide bonds.